The van der Waals surface area contributed by atoms with Crippen molar-refractivity contribution in [2.24, 2.45) is 5.73 Å². The van der Waals surface area contributed by atoms with Crippen molar-refractivity contribution < 1.29 is 4.74 Å². The third kappa shape index (κ3) is 4.00. The summed E-state index contributed by atoms with van der Waals surface area (Å²) in [6.45, 7) is 3.70. The molecule has 0 heterocycles. The molecule has 1 rings (SSSR count). The molecule has 1 atom stereocenters. The maximum Gasteiger partial charge on any atom is 0.137 e. The largest absolute Gasteiger partial charge is 0.495 e. The van der Waals surface area contributed by atoms with Crippen molar-refractivity contribution in [2.75, 3.05) is 20.7 Å². The van der Waals surface area contributed by atoms with Crippen LogP contribution in [0.5, 0.6) is 5.75 Å². The molecule has 0 amide bonds. The predicted octanol–water partition coefficient (Wildman–Crippen LogP) is 2.13. The van der Waals surface area contributed by atoms with Crippen LogP contribution in [0.3, 0.4) is 0 Å². The van der Waals surface area contributed by atoms with Crippen LogP contribution < -0.4 is 10.5 Å². The molecule has 1 aromatic carbocycles. The molecular weight excluding hydrogens is 224 g/mol. The van der Waals surface area contributed by atoms with Crippen molar-refractivity contribution >= 4 is 11.6 Å². The van der Waals surface area contributed by atoms with Crippen LogP contribution in [0.2, 0.25) is 5.02 Å². The highest BCUT2D eigenvalue weighted by atomic mass is 35.5. The van der Waals surface area contributed by atoms with E-state index >= 15 is 0 Å². The number of hydrogen-bond donors (Lipinski definition) is 1. The lowest BCUT2D eigenvalue weighted by atomic mass is 10.2. The van der Waals surface area contributed by atoms with Crippen LogP contribution in [0.4, 0.5) is 0 Å². The molecule has 2 N–H and O–H groups in total. The molecule has 16 heavy (non-hydrogen) atoms. The lowest BCUT2D eigenvalue weighted by molar-refractivity contribution is 0.310. The van der Waals surface area contributed by atoms with Crippen LogP contribution in [0, 0.1) is 0 Å². The number of halogens is 1. The van der Waals surface area contributed by atoms with Crippen molar-refractivity contribution in [1.29, 1.82) is 0 Å². The first-order chi connectivity index (χ1) is 7.52. The number of rotatable bonds is 5. The van der Waals surface area contributed by atoms with Gasteiger partial charge in [-0.15, -0.1) is 0 Å². The van der Waals surface area contributed by atoms with Crippen LogP contribution in [0.25, 0.3) is 0 Å². The molecule has 0 radical (unpaired) electrons. The van der Waals surface area contributed by atoms with Crippen LogP contribution in [-0.4, -0.2) is 31.6 Å². The van der Waals surface area contributed by atoms with Gasteiger partial charge in [0.1, 0.15) is 5.75 Å². The van der Waals surface area contributed by atoms with E-state index in [2.05, 4.69) is 4.90 Å². The van der Waals surface area contributed by atoms with Crippen LogP contribution in [-0.2, 0) is 6.54 Å². The van der Waals surface area contributed by atoms with Crippen molar-refractivity contribution in [1.82, 2.24) is 4.90 Å². The molecule has 0 aliphatic rings. The van der Waals surface area contributed by atoms with Gasteiger partial charge in [-0.05, 0) is 31.7 Å². The Morgan fingerprint density at radius 1 is 1.50 bits per heavy atom. The quantitative estimate of drug-likeness (QED) is 0.860. The third-order valence-electron chi connectivity index (χ3n) is 2.27. The topological polar surface area (TPSA) is 38.5 Å². The minimum absolute atomic E-state index is 0.179. The Hall–Kier alpha value is -0.770. The molecule has 1 aromatic rings. The lowest BCUT2D eigenvalue weighted by Crippen LogP contribution is -2.32. The molecule has 1 unspecified atom stereocenters. The van der Waals surface area contributed by atoms with Crippen molar-refractivity contribution in [2.45, 2.75) is 19.5 Å². The molecule has 0 aliphatic heterocycles. The summed E-state index contributed by atoms with van der Waals surface area (Å²) in [5, 5.41) is 0.647. The van der Waals surface area contributed by atoms with Gasteiger partial charge in [-0.1, -0.05) is 17.7 Å². The van der Waals surface area contributed by atoms with E-state index in [0.29, 0.717) is 10.8 Å². The molecule has 0 aliphatic carbocycles. The number of ether oxygens (including phenoxy) is 1. The predicted molar refractivity (Wildman–Crippen MR) is 68.0 cm³/mol. The van der Waals surface area contributed by atoms with E-state index in [1.54, 1.807) is 7.11 Å². The van der Waals surface area contributed by atoms with E-state index in [9.17, 15) is 0 Å². The number of methoxy groups -OCH3 is 1. The van der Waals surface area contributed by atoms with E-state index in [1.807, 2.05) is 32.2 Å². The molecule has 0 aromatic heterocycles. The van der Waals surface area contributed by atoms with E-state index in [0.717, 1.165) is 18.7 Å². The van der Waals surface area contributed by atoms with Crippen molar-refractivity contribution in [3.8, 4) is 5.75 Å². The van der Waals surface area contributed by atoms with Gasteiger partial charge in [0, 0.05) is 19.1 Å². The van der Waals surface area contributed by atoms with Gasteiger partial charge in [0.15, 0.2) is 0 Å². The average molecular weight is 243 g/mol. The maximum absolute atomic E-state index is 6.05. The zero-order chi connectivity index (χ0) is 12.1. The Morgan fingerprint density at radius 2 is 2.19 bits per heavy atom. The Balaban J connectivity index is 2.64. The van der Waals surface area contributed by atoms with Gasteiger partial charge in [-0.25, -0.2) is 0 Å². The second-order valence-corrected chi connectivity index (χ2v) is 4.55. The standard InChI is InChI=1S/C12H19ClN2O/c1-9(14)7-15(2)8-10-4-5-12(16-3)11(13)6-10/h4-6,9H,7-8,14H2,1-3H3. The van der Waals surface area contributed by atoms with E-state index in [-0.39, 0.29) is 6.04 Å². The molecule has 4 heteroatoms. The fraction of sp³-hybridized carbons (Fsp3) is 0.500. The summed E-state index contributed by atoms with van der Waals surface area (Å²) in [5.41, 5.74) is 6.90. The number of likely N-dealkylation sites (N-methyl/N-ethyl adjacent to an activating group) is 1. The molecule has 0 bridgehead atoms. The fourth-order valence-electron chi connectivity index (χ4n) is 1.68. The molecule has 0 saturated carbocycles. The number of nitrogens with zero attached hydrogens (tertiary/aromatic N) is 1. The summed E-state index contributed by atoms with van der Waals surface area (Å²) in [5.74, 6) is 0.709. The van der Waals surface area contributed by atoms with Gasteiger partial charge >= 0.3 is 0 Å². The summed E-state index contributed by atoms with van der Waals surface area (Å²) in [6, 6.07) is 6.01. The van der Waals surface area contributed by atoms with Gasteiger partial charge in [0.05, 0.1) is 12.1 Å². The van der Waals surface area contributed by atoms with Gasteiger partial charge in [0.2, 0.25) is 0 Å². The Kier molecular flexibility index (Phi) is 5.06. The minimum Gasteiger partial charge on any atom is -0.495 e. The SMILES string of the molecule is COc1ccc(CN(C)CC(C)N)cc1Cl. The van der Waals surface area contributed by atoms with Crippen molar-refractivity contribution in [3.63, 3.8) is 0 Å². The number of hydrogen-bond acceptors (Lipinski definition) is 3. The Morgan fingerprint density at radius 3 is 2.69 bits per heavy atom. The monoisotopic (exact) mass is 242 g/mol. The average Bonchev–Trinajstić information content (AvgIpc) is 2.16. The highest BCUT2D eigenvalue weighted by molar-refractivity contribution is 6.32. The Labute approximate surface area is 102 Å². The van der Waals surface area contributed by atoms with Gasteiger partial charge < -0.3 is 15.4 Å². The summed E-state index contributed by atoms with van der Waals surface area (Å²) >= 11 is 6.05. The molecule has 3 nitrogen and oxygen atoms in total. The second kappa shape index (κ2) is 6.09. The number of benzene rings is 1. The fourth-order valence-corrected chi connectivity index (χ4v) is 1.96. The zero-order valence-corrected chi connectivity index (χ0v) is 10.8. The maximum atomic E-state index is 6.05. The normalized spacial score (nSPS) is 12.9. The molecule has 0 saturated heterocycles. The van der Waals surface area contributed by atoms with Crippen molar-refractivity contribution in [3.05, 3.63) is 28.8 Å². The van der Waals surface area contributed by atoms with Gasteiger partial charge in [-0.2, -0.15) is 0 Å². The summed E-state index contributed by atoms with van der Waals surface area (Å²) in [6.07, 6.45) is 0. The van der Waals surface area contributed by atoms with Crippen LogP contribution in [0.15, 0.2) is 18.2 Å². The first-order valence-corrected chi connectivity index (χ1v) is 5.67. The molecule has 90 valence electrons. The smallest absolute Gasteiger partial charge is 0.137 e. The highest BCUT2D eigenvalue weighted by Crippen LogP contribution is 2.25. The highest BCUT2D eigenvalue weighted by Gasteiger charge is 2.05. The molecule has 0 spiro atoms. The minimum atomic E-state index is 0.179. The van der Waals surface area contributed by atoms with Crippen LogP contribution in [0.1, 0.15) is 12.5 Å². The summed E-state index contributed by atoms with van der Waals surface area (Å²) < 4.78 is 5.10. The summed E-state index contributed by atoms with van der Waals surface area (Å²) in [4.78, 5) is 2.17. The first kappa shape index (κ1) is 13.3. The van der Waals surface area contributed by atoms with E-state index < -0.39 is 0 Å². The lowest BCUT2D eigenvalue weighted by Gasteiger charge is -2.19. The summed E-state index contributed by atoms with van der Waals surface area (Å²) in [7, 11) is 3.66. The first-order valence-electron chi connectivity index (χ1n) is 5.29. The number of nitrogens with two attached hydrogens (primary N) is 1. The zero-order valence-electron chi connectivity index (χ0n) is 10.0. The molecular formula is C12H19ClN2O. The van der Waals surface area contributed by atoms with Gasteiger partial charge in [0.25, 0.3) is 0 Å². The third-order valence-corrected chi connectivity index (χ3v) is 2.56. The van der Waals surface area contributed by atoms with Gasteiger partial charge in [-0.3, -0.25) is 0 Å². The van der Waals surface area contributed by atoms with E-state index in [1.165, 1.54) is 0 Å². The Bertz CT molecular complexity index is 342. The van der Waals surface area contributed by atoms with Crippen LogP contribution >= 0.6 is 11.6 Å². The van der Waals surface area contributed by atoms with E-state index in [4.69, 9.17) is 22.1 Å². The molecule has 0 fully saturated rings. The second-order valence-electron chi connectivity index (χ2n) is 4.14.